The van der Waals surface area contributed by atoms with Gasteiger partial charge in [-0.05, 0) is 31.2 Å². The topological polar surface area (TPSA) is 43.8 Å². The number of aliphatic carboxylic acids is 1. The lowest BCUT2D eigenvalue weighted by atomic mass is 10.0. The Balaban J connectivity index is 2.79. The van der Waals surface area contributed by atoms with E-state index >= 15 is 0 Å². The van der Waals surface area contributed by atoms with E-state index in [0.717, 1.165) is 6.54 Å². The van der Waals surface area contributed by atoms with Crippen molar-refractivity contribution in [1.82, 2.24) is 4.90 Å². The van der Waals surface area contributed by atoms with E-state index in [9.17, 15) is 4.79 Å². The van der Waals surface area contributed by atoms with E-state index in [4.69, 9.17) is 5.11 Å². The summed E-state index contributed by atoms with van der Waals surface area (Å²) in [6.45, 7) is 7.37. The van der Waals surface area contributed by atoms with Crippen LogP contribution in [0.25, 0.3) is 0 Å². The van der Waals surface area contributed by atoms with Crippen LogP contribution in [0.4, 0.5) is 5.69 Å². The van der Waals surface area contributed by atoms with Crippen molar-refractivity contribution in [3.05, 3.63) is 29.8 Å². The van der Waals surface area contributed by atoms with Gasteiger partial charge in [-0.2, -0.15) is 0 Å². The zero-order chi connectivity index (χ0) is 15.3. The molecular weight excluding hydrogens is 252 g/mol. The minimum Gasteiger partial charge on any atom is -0.481 e. The molecule has 112 valence electrons. The summed E-state index contributed by atoms with van der Waals surface area (Å²) < 4.78 is 0. The lowest BCUT2D eigenvalue weighted by Crippen LogP contribution is -2.33. The Morgan fingerprint density at radius 1 is 1.20 bits per heavy atom. The molecule has 0 amide bonds. The second-order valence-corrected chi connectivity index (χ2v) is 5.49. The van der Waals surface area contributed by atoms with Gasteiger partial charge in [-0.1, -0.05) is 26.0 Å². The van der Waals surface area contributed by atoms with Crippen molar-refractivity contribution in [3.8, 4) is 0 Å². The molecule has 0 spiro atoms. The normalized spacial score (nSPS) is 14.1. The molecule has 0 saturated heterocycles. The highest BCUT2D eigenvalue weighted by atomic mass is 16.4. The second-order valence-electron chi connectivity index (χ2n) is 5.49. The van der Waals surface area contributed by atoms with Gasteiger partial charge in [0, 0.05) is 32.4 Å². The number of carbonyl (C=O) groups is 1. The van der Waals surface area contributed by atoms with E-state index in [1.807, 2.05) is 14.1 Å². The zero-order valence-corrected chi connectivity index (χ0v) is 13.1. The molecule has 0 heterocycles. The number of nitrogens with zero attached hydrogens (tertiary/aromatic N) is 2. The Bertz CT molecular complexity index is 429. The fourth-order valence-corrected chi connectivity index (χ4v) is 2.25. The van der Waals surface area contributed by atoms with Crippen molar-refractivity contribution >= 4 is 11.7 Å². The van der Waals surface area contributed by atoms with E-state index < -0.39 is 5.97 Å². The number of benzene rings is 1. The molecule has 1 N–H and O–H groups in total. The third kappa shape index (κ3) is 4.23. The molecule has 1 aromatic carbocycles. The van der Waals surface area contributed by atoms with Crippen LogP contribution in [0.2, 0.25) is 0 Å². The summed E-state index contributed by atoms with van der Waals surface area (Å²) in [4.78, 5) is 15.3. The van der Waals surface area contributed by atoms with E-state index in [1.165, 1.54) is 11.3 Å². The molecule has 2 atom stereocenters. The number of anilines is 1. The van der Waals surface area contributed by atoms with Crippen LogP contribution in [0, 0.1) is 5.92 Å². The standard InChI is InChI=1S/C16H26N2O2/c1-6-18(11-12(2)16(19)20)13(3)14-7-9-15(10-8-14)17(4)5/h7-10,12-13H,6,11H2,1-5H3,(H,19,20). The molecule has 4 heteroatoms. The summed E-state index contributed by atoms with van der Waals surface area (Å²) in [6.07, 6.45) is 0. The predicted molar refractivity (Wildman–Crippen MR) is 83.2 cm³/mol. The Morgan fingerprint density at radius 2 is 1.75 bits per heavy atom. The van der Waals surface area contributed by atoms with Gasteiger partial charge in [0.1, 0.15) is 0 Å². The van der Waals surface area contributed by atoms with Gasteiger partial charge < -0.3 is 10.0 Å². The molecule has 0 aliphatic heterocycles. The summed E-state index contributed by atoms with van der Waals surface area (Å²) in [7, 11) is 4.04. The van der Waals surface area contributed by atoms with Crippen LogP contribution >= 0.6 is 0 Å². The summed E-state index contributed by atoms with van der Waals surface area (Å²) in [5.74, 6) is -1.09. The molecule has 1 rings (SSSR count). The number of hydrogen-bond acceptors (Lipinski definition) is 3. The first kappa shape index (κ1) is 16.5. The fourth-order valence-electron chi connectivity index (χ4n) is 2.25. The van der Waals surface area contributed by atoms with Gasteiger partial charge in [0.15, 0.2) is 0 Å². The van der Waals surface area contributed by atoms with Crippen LogP contribution in [0.5, 0.6) is 0 Å². The first-order valence-corrected chi connectivity index (χ1v) is 7.11. The van der Waals surface area contributed by atoms with Gasteiger partial charge in [-0.15, -0.1) is 0 Å². The molecular formula is C16H26N2O2. The second kappa shape index (κ2) is 7.29. The lowest BCUT2D eigenvalue weighted by Gasteiger charge is -2.30. The summed E-state index contributed by atoms with van der Waals surface area (Å²) in [5.41, 5.74) is 2.39. The number of hydrogen-bond donors (Lipinski definition) is 1. The van der Waals surface area contributed by atoms with Gasteiger partial charge in [-0.3, -0.25) is 9.69 Å². The Kier molecular flexibility index (Phi) is 6.02. The van der Waals surface area contributed by atoms with Crippen molar-refractivity contribution in [2.24, 2.45) is 5.92 Å². The van der Waals surface area contributed by atoms with Crippen molar-refractivity contribution in [1.29, 1.82) is 0 Å². The smallest absolute Gasteiger partial charge is 0.307 e. The van der Waals surface area contributed by atoms with Crippen molar-refractivity contribution in [3.63, 3.8) is 0 Å². The van der Waals surface area contributed by atoms with E-state index in [2.05, 4.69) is 47.9 Å². The molecule has 0 aromatic heterocycles. The minimum absolute atomic E-state index is 0.220. The summed E-state index contributed by atoms with van der Waals surface area (Å²) in [6, 6.07) is 8.65. The maximum atomic E-state index is 11.0. The Morgan fingerprint density at radius 3 is 2.15 bits per heavy atom. The van der Waals surface area contributed by atoms with E-state index in [0.29, 0.717) is 6.54 Å². The van der Waals surface area contributed by atoms with Crippen molar-refractivity contribution < 1.29 is 9.90 Å². The predicted octanol–water partition coefficient (Wildman–Crippen LogP) is 2.86. The maximum Gasteiger partial charge on any atom is 0.307 e. The Labute approximate surface area is 122 Å². The average molecular weight is 278 g/mol. The number of rotatable bonds is 7. The third-order valence-corrected chi connectivity index (χ3v) is 3.78. The summed E-state index contributed by atoms with van der Waals surface area (Å²) in [5, 5.41) is 9.04. The van der Waals surface area contributed by atoms with E-state index in [1.54, 1.807) is 6.92 Å². The molecule has 0 aliphatic carbocycles. The molecule has 0 saturated carbocycles. The molecule has 0 bridgehead atoms. The maximum absolute atomic E-state index is 11.0. The molecule has 2 unspecified atom stereocenters. The number of carboxylic acid groups (broad SMARTS) is 1. The van der Waals surface area contributed by atoms with Gasteiger partial charge in [0.05, 0.1) is 5.92 Å². The van der Waals surface area contributed by atoms with E-state index in [-0.39, 0.29) is 12.0 Å². The lowest BCUT2D eigenvalue weighted by molar-refractivity contribution is -0.141. The molecule has 4 nitrogen and oxygen atoms in total. The van der Waals surface area contributed by atoms with Crippen LogP contribution in [0.15, 0.2) is 24.3 Å². The van der Waals surface area contributed by atoms with Crippen molar-refractivity contribution in [2.75, 3.05) is 32.1 Å². The van der Waals surface area contributed by atoms with Crippen LogP contribution in [0.3, 0.4) is 0 Å². The summed E-state index contributed by atoms with van der Waals surface area (Å²) >= 11 is 0. The first-order valence-electron chi connectivity index (χ1n) is 7.11. The van der Waals surface area contributed by atoms with Gasteiger partial charge in [0.2, 0.25) is 0 Å². The van der Waals surface area contributed by atoms with Crippen LogP contribution < -0.4 is 4.90 Å². The van der Waals surface area contributed by atoms with Gasteiger partial charge in [-0.25, -0.2) is 0 Å². The highest BCUT2D eigenvalue weighted by molar-refractivity contribution is 5.69. The highest BCUT2D eigenvalue weighted by Gasteiger charge is 2.20. The monoisotopic (exact) mass is 278 g/mol. The minimum atomic E-state index is -0.737. The Hall–Kier alpha value is -1.55. The fraction of sp³-hybridized carbons (Fsp3) is 0.562. The highest BCUT2D eigenvalue weighted by Crippen LogP contribution is 2.23. The first-order chi connectivity index (χ1) is 9.36. The molecule has 20 heavy (non-hydrogen) atoms. The SMILES string of the molecule is CCN(CC(C)C(=O)O)C(C)c1ccc(N(C)C)cc1. The van der Waals surface area contributed by atoms with Crippen LogP contribution in [-0.4, -0.2) is 43.2 Å². The van der Waals surface area contributed by atoms with Crippen LogP contribution in [-0.2, 0) is 4.79 Å². The van der Waals surface area contributed by atoms with Gasteiger partial charge >= 0.3 is 5.97 Å². The molecule has 0 aliphatic rings. The molecule has 1 aromatic rings. The zero-order valence-electron chi connectivity index (χ0n) is 13.1. The largest absolute Gasteiger partial charge is 0.481 e. The average Bonchev–Trinajstić information content (AvgIpc) is 2.43. The molecule has 0 radical (unpaired) electrons. The molecule has 0 fully saturated rings. The van der Waals surface area contributed by atoms with Crippen LogP contribution in [0.1, 0.15) is 32.4 Å². The number of carboxylic acids is 1. The van der Waals surface area contributed by atoms with Crippen molar-refractivity contribution in [2.45, 2.75) is 26.8 Å². The quantitative estimate of drug-likeness (QED) is 0.833. The third-order valence-electron chi connectivity index (χ3n) is 3.78. The van der Waals surface area contributed by atoms with Gasteiger partial charge in [0.25, 0.3) is 0 Å².